The van der Waals surface area contributed by atoms with Crippen LogP contribution in [0.3, 0.4) is 0 Å². The monoisotopic (exact) mass is 240 g/mol. The molecule has 1 aliphatic heterocycles. The lowest BCUT2D eigenvalue weighted by Crippen LogP contribution is -2.45. The molecule has 1 N–H and O–H groups in total. The van der Waals surface area contributed by atoms with Crippen LogP contribution in [0.4, 0.5) is 0 Å². The van der Waals surface area contributed by atoms with E-state index in [1.54, 1.807) is 0 Å². The van der Waals surface area contributed by atoms with Gasteiger partial charge >= 0.3 is 0 Å². The minimum absolute atomic E-state index is 0.226. The Morgan fingerprint density at radius 2 is 1.88 bits per heavy atom. The molecule has 17 heavy (non-hydrogen) atoms. The second kappa shape index (κ2) is 6.36. The summed E-state index contributed by atoms with van der Waals surface area (Å²) in [4.78, 5) is 13.9. The van der Waals surface area contributed by atoms with Crippen molar-refractivity contribution in [2.24, 2.45) is 0 Å². The molecule has 0 atom stereocenters. The molecule has 0 aromatic rings. The Morgan fingerprint density at radius 3 is 2.53 bits per heavy atom. The van der Waals surface area contributed by atoms with E-state index >= 15 is 0 Å². The maximum absolute atomic E-state index is 12.0. The summed E-state index contributed by atoms with van der Waals surface area (Å²) in [5, 5.41) is 3.38. The number of nitrogens with one attached hydrogen (secondary N) is 1. The molecule has 0 unspecified atom stereocenters. The Labute approximate surface area is 104 Å². The molecule has 0 aromatic heterocycles. The minimum atomic E-state index is 0.226. The molecule has 0 aromatic carbocycles. The highest BCUT2D eigenvalue weighted by Crippen LogP contribution is 2.17. The van der Waals surface area contributed by atoms with Gasteiger partial charge in [-0.15, -0.1) is 0 Å². The first-order valence-corrected chi connectivity index (χ1v) is 6.84. The summed E-state index contributed by atoms with van der Waals surface area (Å²) in [7, 11) is 1.93. The zero-order chi connectivity index (χ0) is 12.1. The second-order valence-corrected chi connectivity index (χ2v) is 5.21. The fourth-order valence-electron chi connectivity index (χ4n) is 2.76. The molecule has 1 amide bonds. The fourth-order valence-corrected chi connectivity index (χ4v) is 2.76. The third kappa shape index (κ3) is 3.68. The SMILES string of the molecule is CN(C(=O)CNC1CCCC1)C1CCOCC1. The number of amides is 1. The molecule has 0 radical (unpaired) electrons. The summed E-state index contributed by atoms with van der Waals surface area (Å²) >= 11 is 0. The molecule has 0 bridgehead atoms. The predicted octanol–water partition coefficient (Wildman–Crippen LogP) is 1.16. The topological polar surface area (TPSA) is 41.6 Å². The molecule has 2 rings (SSSR count). The maximum Gasteiger partial charge on any atom is 0.236 e. The van der Waals surface area contributed by atoms with Gasteiger partial charge in [0.15, 0.2) is 0 Å². The van der Waals surface area contributed by atoms with Gasteiger partial charge in [0.05, 0.1) is 6.54 Å². The van der Waals surface area contributed by atoms with Gasteiger partial charge in [-0.3, -0.25) is 4.79 Å². The Kier molecular flexibility index (Phi) is 4.80. The highest BCUT2D eigenvalue weighted by atomic mass is 16.5. The average Bonchev–Trinajstić information content (AvgIpc) is 2.89. The zero-order valence-corrected chi connectivity index (χ0v) is 10.8. The van der Waals surface area contributed by atoms with Gasteiger partial charge in [-0.25, -0.2) is 0 Å². The lowest BCUT2D eigenvalue weighted by atomic mass is 10.1. The summed E-state index contributed by atoms with van der Waals surface area (Å²) in [6, 6.07) is 0.948. The van der Waals surface area contributed by atoms with E-state index in [-0.39, 0.29) is 5.91 Å². The van der Waals surface area contributed by atoms with E-state index in [1.807, 2.05) is 11.9 Å². The molecule has 4 nitrogen and oxygen atoms in total. The van der Waals surface area contributed by atoms with Crippen molar-refractivity contribution in [3.63, 3.8) is 0 Å². The highest BCUT2D eigenvalue weighted by molar-refractivity contribution is 5.78. The third-order valence-corrected chi connectivity index (χ3v) is 4.03. The third-order valence-electron chi connectivity index (χ3n) is 4.03. The van der Waals surface area contributed by atoms with Crippen molar-refractivity contribution in [2.45, 2.75) is 50.6 Å². The fraction of sp³-hybridized carbons (Fsp3) is 0.923. The van der Waals surface area contributed by atoms with Crippen molar-refractivity contribution in [1.82, 2.24) is 10.2 Å². The van der Waals surface area contributed by atoms with Gasteiger partial charge in [0, 0.05) is 32.3 Å². The summed E-state index contributed by atoms with van der Waals surface area (Å²) in [5.74, 6) is 0.226. The molecule has 1 saturated heterocycles. The van der Waals surface area contributed by atoms with E-state index in [0.29, 0.717) is 18.6 Å². The van der Waals surface area contributed by atoms with Crippen LogP contribution in [-0.4, -0.2) is 49.7 Å². The molecule has 2 fully saturated rings. The molecule has 1 heterocycles. The van der Waals surface area contributed by atoms with E-state index in [1.165, 1.54) is 25.7 Å². The van der Waals surface area contributed by atoms with Crippen LogP contribution >= 0.6 is 0 Å². The quantitative estimate of drug-likeness (QED) is 0.801. The molecule has 0 spiro atoms. The molecule has 1 aliphatic carbocycles. The molecular formula is C13H24N2O2. The van der Waals surface area contributed by atoms with Gasteiger partial charge in [0.25, 0.3) is 0 Å². The standard InChI is InChI=1S/C13H24N2O2/c1-15(12-6-8-17-9-7-12)13(16)10-14-11-4-2-3-5-11/h11-12,14H,2-10H2,1H3. The lowest BCUT2D eigenvalue weighted by molar-refractivity contribution is -0.132. The van der Waals surface area contributed by atoms with Gasteiger partial charge in [0.2, 0.25) is 5.91 Å². The van der Waals surface area contributed by atoms with Crippen LogP contribution in [0.2, 0.25) is 0 Å². The summed E-state index contributed by atoms with van der Waals surface area (Å²) < 4.78 is 5.32. The summed E-state index contributed by atoms with van der Waals surface area (Å²) in [6.07, 6.45) is 7.03. The average molecular weight is 240 g/mol. The Morgan fingerprint density at radius 1 is 1.24 bits per heavy atom. The number of carbonyl (C=O) groups is 1. The molecular weight excluding hydrogens is 216 g/mol. The molecule has 1 saturated carbocycles. The number of carbonyl (C=O) groups excluding carboxylic acids is 1. The van der Waals surface area contributed by atoms with Crippen LogP contribution in [-0.2, 0) is 9.53 Å². The number of likely N-dealkylation sites (N-methyl/N-ethyl adjacent to an activating group) is 1. The Bertz CT molecular complexity index is 246. The van der Waals surface area contributed by atoms with Crippen LogP contribution in [0, 0.1) is 0 Å². The largest absolute Gasteiger partial charge is 0.381 e. The number of nitrogens with zero attached hydrogens (tertiary/aromatic N) is 1. The van der Waals surface area contributed by atoms with E-state index < -0.39 is 0 Å². The van der Waals surface area contributed by atoms with Gasteiger partial charge in [0.1, 0.15) is 0 Å². The first-order valence-electron chi connectivity index (χ1n) is 6.84. The summed E-state index contributed by atoms with van der Waals surface area (Å²) in [5.41, 5.74) is 0. The minimum Gasteiger partial charge on any atom is -0.381 e. The van der Waals surface area contributed by atoms with Crippen LogP contribution in [0.15, 0.2) is 0 Å². The van der Waals surface area contributed by atoms with Crippen molar-refractivity contribution in [3.8, 4) is 0 Å². The zero-order valence-electron chi connectivity index (χ0n) is 10.8. The molecule has 2 aliphatic rings. The summed E-state index contributed by atoms with van der Waals surface area (Å²) in [6.45, 7) is 2.08. The van der Waals surface area contributed by atoms with Gasteiger partial charge < -0.3 is 15.0 Å². The number of hydrogen-bond donors (Lipinski definition) is 1. The number of hydrogen-bond acceptors (Lipinski definition) is 3. The van der Waals surface area contributed by atoms with E-state index in [9.17, 15) is 4.79 Å². The van der Waals surface area contributed by atoms with Crippen LogP contribution in [0.25, 0.3) is 0 Å². The van der Waals surface area contributed by atoms with Crippen molar-refractivity contribution in [3.05, 3.63) is 0 Å². The predicted molar refractivity (Wildman–Crippen MR) is 66.9 cm³/mol. The lowest BCUT2D eigenvalue weighted by Gasteiger charge is -2.31. The van der Waals surface area contributed by atoms with Crippen molar-refractivity contribution < 1.29 is 9.53 Å². The van der Waals surface area contributed by atoms with Crippen LogP contribution in [0.5, 0.6) is 0 Å². The Balaban J connectivity index is 1.70. The molecule has 4 heteroatoms. The normalized spacial score (nSPS) is 22.9. The van der Waals surface area contributed by atoms with Crippen molar-refractivity contribution in [2.75, 3.05) is 26.8 Å². The van der Waals surface area contributed by atoms with Crippen molar-refractivity contribution >= 4 is 5.91 Å². The number of rotatable bonds is 4. The first kappa shape index (κ1) is 12.8. The van der Waals surface area contributed by atoms with Gasteiger partial charge in [-0.1, -0.05) is 12.8 Å². The second-order valence-electron chi connectivity index (χ2n) is 5.21. The maximum atomic E-state index is 12.0. The van der Waals surface area contributed by atoms with Gasteiger partial charge in [-0.05, 0) is 25.7 Å². The van der Waals surface area contributed by atoms with Gasteiger partial charge in [-0.2, -0.15) is 0 Å². The highest BCUT2D eigenvalue weighted by Gasteiger charge is 2.23. The van der Waals surface area contributed by atoms with E-state index in [4.69, 9.17) is 4.74 Å². The number of ether oxygens (including phenoxy) is 1. The molecule has 98 valence electrons. The Hall–Kier alpha value is -0.610. The smallest absolute Gasteiger partial charge is 0.236 e. The van der Waals surface area contributed by atoms with E-state index in [2.05, 4.69) is 5.32 Å². The van der Waals surface area contributed by atoms with E-state index in [0.717, 1.165) is 26.1 Å². The first-order chi connectivity index (χ1) is 8.27. The van der Waals surface area contributed by atoms with Crippen LogP contribution < -0.4 is 5.32 Å². The van der Waals surface area contributed by atoms with Crippen LogP contribution in [0.1, 0.15) is 38.5 Å². The van der Waals surface area contributed by atoms with Crippen molar-refractivity contribution in [1.29, 1.82) is 0 Å².